The van der Waals surface area contributed by atoms with E-state index in [0.29, 0.717) is 12.8 Å². The van der Waals surface area contributed by atoms with E-state index in [1.165, 1.54) is 173 Å². The van der Waals surface area contributed by atoms with Crippen molar-refractivity contribution in [3.63, 3.8) is 0 Å². The minimum atomic E-state index is -0.774. The third kappa shape index (κ3) is 50.2. The van der Waals surface area contributed by atoms with Gasteiger partial charge in [0.1, 0.15) is 6.61 Å². The van der Waals surface area contributed by atoms with Crippen LogP contribution in [0.15, 0.2) is 60.8 Å². The Bertz CT molecular complexity index is 1070. The maximum absolute atomic E-state index is 12.3. The van der Waals surface area contributed by atoms with Gasteiger partial charge in [0.15, 0.2) is 6.10 Å². The number of hydrogen-bond donors (Lipinski definition) is 1. The molecule has 0 aromatic heterocycles. The van der Waals surface area contributed by atoms with Crippen molar-refractivity contribution in [3.05, 3.63) is 60.8 Å². The van der Waals surface area contributed by atoms with E-state index < -0.39 is 6.10 Å². The van der Waals surface area contributed by atoms with E-state index in [2.05, 4.69) is 74.6 Å². The summed E-state index contributed by atoms with van der Waals surface area (Å²) in [5.74, 6) is -0.590. The van der Waals surface area contributed by atoms with Gasteiger partial charge in [0, 0.05) is 12.8 Å². The van der Waals surface area contributed by atoms with Gasteiger partial charge >= 0.3 is 11.9 Å². The summed E-state index contributed by atoms with van der Waals surface area (Å²) >= 11 is 0. The zero-order valence-electron chi connectivity index (χ0n) is 41.1. The van der Waals surface area contributed by atoms with Crippen LogP contribution in [-0.2, 0) is 19.1 Å². The number of hydrogen-bond acceptors (Lipinski definition) is 5. The second-order valence-corrected chi connectivity index (χ2v) is 17.9. The monoisotopic (exact) mass is 867 g/mol. The number of allylic oxidation sites excluding steroid dienone is 10. The topological polar surface area (TPSA) is 72.8 Å². The molecular formula is C57H102O5. The molecule has 0 aromatic rings. The summed E-state index contributed by atoms with van der Waals surface area (Å²) < 4.78 is 10.7. The van der Waals surface area contributed by atoms with Gasteiger partial charge in [0.05, 0.1) is 6.61 Å². The summed E-state index contributed by atoms with van der Waals surface area (Å²) in [5, 5.41) is 9.62. The van der Waals surface area contributed by atoms with E-state index in [4.69, 9.17) is 9.47 Å². The molecule has 5 heteroatoms. The highest BCUT2D eigenvalue weighted by Crippen LogP contribution is 2.16. The van der Waals surface area contributed by atoms with Crippen molar-refractivity contribution in [2.45, 2.75) is 277 Å². The van der Waals surface area contributed by atoms with E-state index in [1.54, 1.807) is 0 Å². The van der Waals surface area contributed by atoms with Gasteiger partial charge in [-0.05, 0) is 77.0 Å². The van der Waals surface area contributed by atoms with Crippen LogP contribution in [0.5, 0.6) is 0 Å². The number of aliphatic hydroxyl groups is 1. The maximum Gasteiger partial charge on any atom is 0.306 e. The molecule has 0 rings (SSSR count). The van der Waals surface area contributed by atoms with Gasteiger partial charge in [0.2, 0.25) is 0 Å². The van der Waals surface area contributed by atoms with Crippen molar-refractivity contribution >= 4 is 11.9 Å². The van der Waals surface area contributed by atoms with Gasteiger partial charge in [0.25, 0.3) is 0 Å². The van der Waals surface area contributed by atoms with E-state index in [1.807, 2.05) is 0 Å². The van der Waals surface area contributed by atoms with Crippen LogP contribution in [0.1, 0.15) is 271 Å². The minimum Gasteiger partial charge on any atom is -0.462 e. The molecule has 0 bridgehead atoms. The molecule has 5 nitrogen and oxygen atoms in total. The Hall–Kier alpha value is -2.40. The first-order valence-corrected chi connectivity index (χ1v) is 26.8. The van der Waals surface area contributed by atoms with Gasteiger partial charge in [-0.25, -0.2) is 0 Å². The van der Waals surface area contributed by atoms with Crippen molar-refractivity contribution < 1.29 is 24.2 Å². The Morgan fingerprint density at radius 2 is 0.694 bits per heavy atom. The summed E-state index contributed by atoms with van der Waals surface area (Å²) in [7, 11) is 0. The fourth-order valence-electron chi connectivity index (χ4n) is 7.78. The number of carbonyl (C=O) groups excluding carboxylic acids is 2. The molecule has 0 aromatic carbocycles. The van der Waals surface area contributed by atoms with Gasteiger partial charge < -0.3 is 14.6 Å². The molecule has 1 atom stereocenters. The number of aliphatic hydroxyl groups excluding tert-OH is 1. The third-order valence-corrected chi connectivity index (χ3v) is 11.8. The van der Waals surface area contributed by atoms with Crippen molar-refractivity contribution in [1.29, 1.82) is 0 Å². The fourth-order valence-corrected chi connectivity index (χ4v) is 7.78. The second kappa shape index (κ2) is 52.9. The van der Waals surface area contributed by atoms with Gasteiger partial charge in [-0.2, -0.15) is 0 Å². The molecule has 0 saturated heterocycles. The lowest BCUT2D eigenvalue weighted by Crippen LogP contribution is -2.28. The van der Waals surface area contributed by atoms with Gasteiger partial charge in [-0.15, -0.1) is 0 Å². The van der Waals surface area contributed by atoms with Crippen molar-refractivity contribution in [2.24, 2.45) is 0 Å². The summed E-state index contributed by atoms with van der Waals surface area (Å²) in [6.45, 7) is 4.04. The summed E-state index contributed by atoms with van der Waals surface area (Å²) in [6.07, 6.45) is 70.5. The molecule has 62 heavy (non-hydrogen) atoms. The highest BCUT2D eigenvalue weighted by molar-refractivity contribution is 5.70. The minimum absolute atomic E-state index is 0.0677. The maximum atomic E-state index is 12.3. The highest BCUT2D eigenvalue weighted by atomic mass is 16.6. The number of ether oxygens (including phenoxy) is 2. The molecular weight excluding hydrogens is 765 g/mol. The Balaban J connectivity index is 3.43. The van der Waals surface area contributed by atoms with E-state index in [-0.39, 0.29) is 25.2 Å². The smallest absolute Gasteiger partial charge is 0.306 e. The largest absolute Gasteiger partial charge is 0.462 e. The van der Waals surface area contributed by atoms with E-state index in [9.17, 15) is 14.7 Å². The Morgan fingerprint density at radius 3 is 1.06 bits per heavy atom. The van der Waals surface area contributed by atoms with E-state index >= 15 is 0 Å². The van der Waals surface area contributed by atoms with Crippen LogP contribution in [0, 0.1) is 0 Å². The Kier molecular flexibility index (Phi) is 50.9. The van der Waals surface area contributed by atoms with Crippen LogP contribution >= 0.6 is 0 Å². The normalized spacial score (nSPS) is 12.6. The predicted molar refractivity (Wildman–Crippen MR) is 270 cm³/mol. The molecule has 0 radical (unpaired) electrons. The average molecular weight is 867 g/mol. The summed E-state index contributed by atoms with van der Waals surface area (Å²) in [5.41, 5.74) is 0. The zero-order valence-corrected chi connectivity index (χ0v) is 41.1. The molecule has 1 unspecified atom stereocenters. The first-order valence-electron chi connectivity index (χ1n) is 26.8. The number of carbonyl (C=O) groups is 2. The van der Waals surface area contributed by atoms with Crippen LogP contribution in [-0.4, -0.2) is 36.4 Å². The first-order chi connectivity index (χ1) is 30.6. The molecule has 0 saturated carbocycles. The summed E-state index contributed by atoms with van der Waals surface area (Å²) in [4.78, 5) is 24.4. The van der Waals surface area contributed by atoms with Crippen molar-refractivity contribution in [1.82, 2.24) is 0 Å². The Labute approximate surface area is 385 Å². The van der Waals surface area contributed by atoms with Crippen LogP contribution in [0.3, 0.4) is 0 Å². The van der Waals surface area contributed by atoms with Gasteiger partial charge in [-0.3, -0.25) is 9.59 Å². The fraction of sp³-hybridized carbons (Fsp3) is 0.789. The lowest BCUT2D eigenvalue weighted by atomic mass is 10.0. The first kappa shape index (κ1) is 59.6. The quantitative estimate of drug-likeness (QED) is 0.0375. The van der Waals surface area contributed by atoms with Crippen LogP contribution in [0.25, 0.3) is 0 Å². The number of esters is 2. The van der Waals surface area contributed by atoms with Crippen LogP contribution in [0.2, 0.25) is 0 Å². The standard InChI is InChI=1S/C57H102O5/c1-3-5-7-9-11-13-15-17-19-20-21-22-23-24-25-26-27-28-29-30-31-32-33-34-35-36-38-40-42-44-46-48-50-52-57(60)62-55(53-58)54-61-56(59)51-49-47-45-43-41-39-37-18-16-14-12-10-8-6-4-2/h5,7,11,13,17-19,21-22,37,55,58H,3-4,6,8-10,12,14-16,20,23-36,38-54H2,1-2H3/b7-5-,13-11-,19-17-,22-21-,37-18-. The van der Waals surface area contributed by atoms with Crippen LogP contribution < -0.4 is 0 Å². The SMILES string of the molecule is CC/C=C\C/C=C\C/C=C\C/C=C\CCCCCCCCCCCCCCCCCCCCCCC(=O)OC(CO)COC(=O)CCCCCCC/C=C\CCCCCCCC. The summed E-state index contributed by atoms with van der Waals surface area (Å²) in [6, 6.07) is 0. The molecule has 0 aliphatic rings. The van der Waals surface area contributed by atoms with Crippen molar-refractivity contribution in [2.75, 3.05) is 13.2 Å². The van der Waals surface area contributed by atoms with E-state index in [0.717, 1.165) is 70.6 Å². The Morgan fingerprint density at radius 1 is 0.387 bits per heavy atom. The molecule has 0 fully saturated rings. The molecule has 0 spiro atoms. The molecule has 0 amide bonds. The van der Waals surface area contributed by atoms with Crippen LogP contribution in [0.4, 0.5) is 0 Å². The lowest BCUT2D eigenvalue weighted by molar-refractivity contribution is -0.161. The predicted octanol–water partition coefficient (Wildman–Crippen LogP) is 17.9. The molecule has 0 aliphatic heterocycles. The number of unbranched alkanes of at least 4 members (excludes halogenated alkanes) is 31. The molecule has 0 heterocycles. The number of rotatable bonds is 49. The highest BCUT2D eigenvalue weighted by Gasteiger charge is 2.16. The molecule has 1 N–H and O–H groups in total. The zero-order chi connectivity index (χ0) is 44.9. The molecule has 0 aliphatic carbocycles. The lowest BCUT2D eigenvalue weighted by Gasteiger charge is -2.15. The van der Waals surface area contributed by atoms with Crippen molar-refractivity contribution in [3.8, 4) is 0 Å². The average Bonchev–Trinajstić information content (AvgIpc) is 3.28. The third-order valence-electron chi connectivity index (χ3n) is 11.8. The second-order valence-electron chi connectivity index (χ2n) is 17.9. The molecule has 360 valence electrons. The van der Waals surface area contributed by atoms with Gasteiger partial charge in [-0.1, -0.05) is 242 Å².